The Bertz CT molecular complexity index is 333. The molecule has 4 heteroatoms. The molecule has 2 saturated heterocycles. The molecule has 1 spiro atoms. The molecule has 102 valence electrons. The Morgan fingerprint density at radius 3 is 2.94 bits per heavy atom. The minimum atomic E-state index is -0.0791. The standard InChI is InChI=1S/C14H23NO3/c1-2-17-13(16)9-12-6-4-8-14-7-3-5-11(14)10-18-15(12)14/h11-12H,2-10H2,1H3/t11-,12+,14+/m1/s1. The van der Waals surface area contributed by atoms with Crippen LogP contribution in [0.4, 0.5) is 0 Å². The number of hydrogen-bond acceptors (Lipinski definition) is 4. The second kappa shape index (κ2) is 4.82. The van der Waals surface area contributed by atoms with Crippen molar-refractivity contribution < 1.29 is 14.4 Å². The first-order valence-electron chi connectivity index (χ1n) is 7.34. The van der Waals surface area contributed by atoms with Gasteiger partial charge in [-0.1, -0.05) is 6.42 Å². The molecule has 0 amide bonds. The molecule has 0 aromatic carbocycles. The lowest BCUT2D eigenvalue weighted by molar-refractivity contribution is -0.213. The average molecular weight is 253 g/mol. The van der Waals surface area contributed by atoms with E-state index in [-0.39, 0.29) is 17.6 Å². The van der Waals surface area contributed by atoms with Gasteiger partial charge in [0.1, 0.15) is 0 Å². The summed E-state index contributed by atoms with van der Waals surface area (Å²) in [6.45, 7) is 3.19. The maximum absolute atomic E-state index is 11.7. The van der Waals surface area contributed by atoms with Crippen LogP contribution in [0.3, 0.4) is 0 Å². The van der Waals surface area contributed by atoms with Crippen LogP contribution < -0.4 is 0 Å². The van der Waals surface area contributed by atoms with Crippen molar-refractivity contribution in [1.82, 2.24) is 5.06 Å². The Morgan fingerprint density at radius 1 is 1.39 bits per heavy atom. The van der Waals surface area contributed by atoms with Gasteiger partial charge in [-0.15, -0.1) is 0 Å². The second-order valence-corrected chi connectivity index (χ2v) is 5.87. The molecular weight excluding hydrogens is 230 g/mol. The van der Waals surface area contributed by atoms with Crippen LogP contribution in [-0.4, -0.2) is 35.8 Å². The largest absolute Gasteiger partial charge is 0.466 e. The molecule has 18 heavy (non-hydrogen) atoms. The molecule has 3 fully saturated rings. The average Bonchev–Trinajstić information content (AvgIpc) is 2.86. The highest BCUT2D eigenvalue weighted by atomic mass is 16.7. The highest BCUT2D eigenvalue weighted by Crippen LogP contribution is 2.52. The summed E-state index contributed by atoms with van der Waals surface area (Å²) in [6, 6.07) is 0.237. The summed E-state index contributed by atoms with van der Waals surface area (Å²) in [5.74, 6) is 0.618. The molecule has 3 atom stereocenters. The van der Waals surface area contributed by atoms with Gasteiger partial charge in [0.25, 0.3) is 0 Å². The number of nitrogens with zero attached hydrogens (tertiary/aromatic N) is 1. The predicted molar refractivity (Wildman–Crippen MR) is 66.8 cm³/mol. The van der Waals surface area contributed by atoms with Crippen LogP contribution >= 0.6 is 0 Å². The summed E-state index contributed by atoms with van der Waals surface area (Å²) in [6.07, 6.45) is 7.88. The van der Waals surface area contributed by atoms with Crippen molar-refractivity contribution in [3.63, 3.8) is 0 Å². The third-order valence-corrected chi connectivity index (χ3v) is 4.96. The van der Waals surface area contributed by atoms with E-state index in [0.717, 1.165) is 13.0 Å². The quantitative estimate of drug-likeness (QED) is 0.723. The van der Waals surface area contributed by atoms with E-state index in [9.17, 15) is 4.79 Å². The maximum atomic E-state index is 11.7. The van der Waals surface area contributed by atoms with Crippen LogP contribution in [0.15, 0.2) is 0 Å². The third kappa shape index (κ3) is 1.86. The smallest absolute Gasteiger partial charge is 0.307 e. The molecule has 0 bridgehead atoms. The SMILES string of the molecule is CCOC(=O)C[C@@H]1CCC[C@@]23CCC[C@@H]2CON13. The van der Waals surface area contributed by atoms with Crippen molar-refractivity contribution in [3.8, 4) is 0 Å². The zero-order valence-electron chi connectivity index (χ0n) is 11.2. The van der Waals surface area contributed by atoms with E-state index >= 15 is 0 Å². The lowest BCUT2D eigenvalue weighted by atomic mass is 9.78. The Kier molecular flexibility index (Phi) is 3.32. The van der Waals surface area contributed by atoms with E-state index in [1.54, 1.807) is 0 Å². The summed E-state index contributed by atoms with van der Waals surface area (Å²) in [7, 11) is 0. The first-order valence-corrected chi connectivity index (χ1v) is 7.34. The van der Waals surface area contributed by atoms with E-state index < -0.39 is 0 Å². The second-order valence-electron chi connectivity index (χ2n) is 5.87. The molecule has 0 N–H and O–H groups in total. The summed E-state index contributed by atoms with van der Waals surface area (Å²) >= 11 is 0. The van der Waals surface area contributed by atoms with Crippen LogP contribution in [0.25, 0.3) is 0 Å². The van der Waals surface area contributed by atoms with Crippen LogP contribution in [0, 0.1) is 5.92 Å². The Hall–Kier alpha value is -0.610. The number of hydroxylamine groups is 2. The summed E-state index contributed by atoms with van der Waals surface area (Å²) < 4.78 is 5.08. The Morgan fingerprint density at radius 2 is 2.17 bits per heavy atom. The van der Waals surface area contributed by atoms with Gasteiger partial charge in [-0.05, 0) is 39.0 Å². The molecular formula is C14H23NO3. The number of ether oxygens (including phenoxy) is 1. The van der Waals surface area contributed by atoms with Crippen LogP contribution in [-0.2, 0) is 14.4 Å². The molecule has 3 rings (SSSR count). The van der Waals surface area contributed by atoms with Crippen molar-refractivity contribution in [3.05, 3.63) is 0 Å². The summed E-state index contributed by atoms with van der Waals surface area (Å²) in [4.78, 5) is 17.6. The number of carbonyl (C=O) groups excluding carboxylic acids is 1. The van der Waals surface area contributed by atoms with Crippen molar-refractivity contribution in [2.45, 2.75) is 63.5 Å². The van der Waals surface area contributed by atoms with E-state index in [2.05, 4.69) is 5.06 Å². The molecule has 1 aliphatic carbocycles. The van der Waals surface area contributed by atoms with E-state index in [0.29, 0.717) is 18.9 Å². The lowest BCUT2D eigenvalue weighted by Gasteiger charge is -2.45. The Balaban J connectivity index is 1.71. The Labute approximate surface area is 109 Å². The zero-order chi connectivity index (χ0) is 12.6. The molecule has 4 nitrogen and oxygen atoms in total. The molecule has 2 heterocycles. The molecule has 2 aliphatic heterocycles. The predicted octanol–water partition coefficient (Wildman–Crippen LogP) is 2.28. The number of esters is 1. The molecule has 0 unspecified atom stereocenters. The van der Waals surface area contributed by atoms with Crippen LogP contribution in [0.5, 0.6) is 0 Å². The molecule has 1 saturated carbocycles. The van der Waals surface area contributed by atoms with E-state index in [1.807, 2.05) is 6.92 Å². The fourth-order valence-corrected chi connectivity index (χ4v) is 4.22. The van der Waals surface area contributed by atoms with Gasteiger partial charge in [0, 0.05) is 12.0 Å². The van der Waals surface area contributed by atoms with Gasteiger partial charge in [-0.3, -0.25) is 9.63 Å². The lowest BCUT2D eigenvalue weighted by Crippen LogP contribution is -2.53. The monoisotopic (exact) mass is 253 g/mol. The van der Waals surface area contributed by atoms with Gasteiger partial charge in [-0.2, -0.15) is 5.06 Å². The molecule has 0 radical (unpaired) electrons. The fraction of sp³-hybridized carbons (Fsp3) is 0.929. The van der Waals surface area contributed by atoms with Gasteiger partial charge in [0.15, 0.2) is 0 Å². The van der Waals surface area contributed by atoms with Crippen molar-refractivity contribution in [1.29, 1.82) is 0 Å². The highest BCUT2D eigenvalue weighted by Gasteiger charge is 2.56. The zero-order valence-corrected chi connectivity index (χ0v) is 11.2. The van der Waals surface area contributed by atoms with Gasteiger partial charge in [-0.25, -0.2) is 0 Å². The molecule has 0 aromatic heterocycles. The van der Waals surface area contributed by atoms with Crippen molar-refractivity contribution in [2.24, 2.45) is 5.92 Å². The first-order chi connectivity index (χ1) is 8.76. The number of rotatable bonds is 3. The number of piperidine rings is 1. The van der Waals surface area contributed by atoms with Crippen molar-refractivity contribution >= 4 is 5.97 Å². The first kappa shape index (κ1) is 12.4. The van der Waals surface area contributed by atoms with Gasteiger partial charge < -0.3 is 4.74 Å². The van der Waals surface area contributed by atoms with E-state index in [4.69, 9.17) is 9.57 Å². The topological polar surface area (TPSA) is 38.8 Å². The van der Waals surface area contributed by atoms with Crippen molar-refractivity contribution in [2.75, 3.05) is 13.2 Å². The van der Waals surface area contributed by atoms with Crippen LogP contribution in [0.1, 0.15) is 51.9 Å². The maximum Gasteiger partial charge on any atom is 0.307 e. The van der Waals surface area contributed by atoms with Gasteiger partial charge in [0.05, 0.1) is 25.2 Å². The minimum absolute atomic E-state index is 0.0791. The van der Waals surface area contributed by atoms with Gasteiger partial charge >= 0.3 is 5.97 Å². The summed E-state index contributed by atoms with van der Waals surface area (Å²) in [5, 5.41) is 2.20. The van der Waals surface area contributed by atoms with E-state index in [1.165, 1.54) is 32.1 Å². The highest BCUT2D eigenvalue weighted by molar-refractivity contribution is 5.70. The minimum Gasteiger partial charge on any atom is -0.466 e. The molecule has 0 aromatic rings. The normalized spacial score (nSPS) is 39.4. The van der Waals surface area contributed by atoms with Gasteiger partial charge in [0.2, 0.25) is 0 Å². The summed E-state index contributed by atoms with van der Waals surface area (Å²) in [5.41, 5.74) is 0.259. The number of carbonyl (C=O) groups is 1. The number of hydrogen-bond donors (Lipinski definition) is 0. The fourth-order valence-electron chi connectivity index (χ4n) is 4.22. The molecule has 3 aliphatic rings. The third-order valence-electron chi connectivity index (χ3n) is 4.96. The van der Waals surface area contributed by atoms with Crippen LogP contribution in [0.2, 0.25) is 0 Å².